The Morgan fingerprint density at radius 1 is 1.62 bits per heavy atom. The molecule has 0 aromatic carbocycles. The van der Waals surface area contributed by atoms with Crippen LogP contribution in [-0.4, -0.2) is 47.9 Å². The fraction of sp³-hybridized carbons (Fsp3) is 0.500. The van der Waals surface area contributed by atoms with Crippen molar-refractivity contribution in [1.29, 1.82) is 0 Å². The Balaban J connectivity index is 2.01. The first-order valence-electron chi connectivity index (χ1n) is 6.82. The van der Waals surface area contributed by atoms with E-state index in [0.717, 1.165) is 5.56 Å². The lowest BCUT2D eigenvalue weighted by Gasteiger charge is -2.53. The summed E-state index contributed by atoms with van der Waals surface area (Å²) >= 11 is 0. The molecule has 7 nitrogen and oxygen atoms in total. The lowest BCUT2D eigenvalue weighted by Crippen LogP contribution is -2.68. The number of nitrogens with zero attached hydrogens (tertiary/aromatic N) is 3. The van der Waals surface area contributed by atoms with Crippen LogP contribution < -0.4 is 4.90 Å². The first-order chi connectivity index (χ1) is 10.1. The third-order valence-corrected chi connectivity index (χ3v) is 4.23. The molecule has 1 aromatic rings. The lowest BCUT2D eigenvalue weighted by molar-refractivity contribution is -0.388. The SMILES string of the molecule is C=Cc1cnc([N+](=O)[O-])c(N2CCOC3(COC3)C2C)c1. The number of anilines is 1. The molecule has 1 spiro atoms. The Hall–Kier alpha value is -1.99. The van der Waals surface area contributed by atoms with Gasteiger partial charge in [0, 0.05) is 12.1 Å². The second-order valence-electron chi connectivity index (χ2n) is 5.35. The topological polar surface area (TPSA) is 77.7 Å². The molecule has 2 saturated heterocycles. The molecule has 0 saturated carbocycles. The summed E-state index contributed by atoms with van der Waals surface area (Å²) in [5.41, 5.74) is 0.906. The number of rotatable bonds is 3. The minimum atomic E-state index is -0.450. The first-order valence-corrected chi connectivity index (χ1v) is 6.82. The van der Waals surface area contributed by atoms with E-state index in [-0.39, 0.29) is 17.5 Å². The number of ether oxygens (including phenoxy) is 2. The van der Waals surface area contributed by atoms with Gasteiger partial charge >= 0.3 is 5.82 Å². The van der Waals surface area contributed by atoms with Gasteiger partial charge in [-0.3, -0.25) is 0 Å². The lowest BCUT2D eigenvalue weighted by atomic mass is 9.90. The largest absolute Gasteiger partial charge is 0.387 e. The summed E-state index contributed by atoms with van der Waals surface area (Å²) in [5, 5.41) is 11.3. The molecule has 7 heteroatoms. The molecule has 21 heavy (non-hydrogen) atoms. The van der Waals surface area contributed by atoms with Crippen molar-refractivity contribution in [2.24, 2.45) is 0 Å². The quantitative estimate of drug-likeness (QED) is 0.622. The van der Waals surface area contributed by atoms with Crippen molar-refractivity contribution in [2.45, 2.75) is 18.6 Å². The molecule has 2 aliphatic rings. The highest BCUT2D eigenvalue weighted by atomic mass is 16.6. The average molecular weight is 291 g/mol. The molecule has 0 amide bonds. The van der Waals surface area contributed by atoms with E-state index in [0.29, 0.717) is 32.1 Å². The summed E-state index contributed by atoms with van der Waals surface area (Å²) < 4.78 is 11.1. The minimum absolute atomic E-state index is 0.0134. The van der Waals surface area contributed by atoms with Crippen LogP contribution in [0.2, 0.25) is 0 Å². The Labute approximate surface area is 122 Å². The molecule has 0 N–H and O–H groups in total. The molecule has 0 aliphatic carbocycles. The Kier molecular flexibility index (Phi) is 3.38. The molecule has 3 heterocycles. The predicted octanol–water partition coefficient (Wildman–Crippen LogP) is 1.63. The molecule has 1 aromatic heterocycles. The van der Waals surface area contributed by atoms with Crippen LogP contribution >= 0.6 is 0 Å². The maximum Gasteiger partial charge on any atom is 0.387 e. The van der Waals surface area contributed by atoms with E-state index in [1.54, 1.807) is 12.1 Å². The zero-order valence-corrected chi connectivity index (χ0v) is 11.8. The van der Waals surface area contributed by atoms with Crippen LogP contribution in [0.5, 0.6) is 0 Å². The fourth-order valence-electron chi connectivity index (χ4n) is 2.83. The molecule has 2 fully saturated rings. The normalized spacial score (nSPS) is 23.7. The molecule has 1 unspecified atom stereocenters. The van der Waals surface area contributed by atoms with E-state index in [1.165, 1.54) is 6.20 Å². The van der Waals surface area contributed by atoms with Crippen LogP contribution in [0, 0.1) is 10.1 Å². The van der Waals surface area contributed by atoms with E-state index in [4.69, 9.17) is 9.47 Å². The fourth-order valence-corrected chi connectivity index (χ4v) is 2.83. The van der Waals surface area contributed by atoms with Gasteiger partial charge in [0.1, 0.15) is 17.5 Å². The van der Waals surface area contributed by atoms with E-state index >= 15 is 0 Å². The van der Waals surface area contributed by atoms with Gasteiger partial charge in [0.15, 0.2) is 0 Å². The van der Waals surface area contributed by atoms with Gasteiger partial charge in [-0.2, -0.15) is 0 Å². The maximum atomic E-state index is 11.3. The number of pyridine rings is 1. The molecule has 112 valence electrons. The number of hydrogen-bond acceptors (Lipinski definition) is 6. The summed E-state index contributed by atoms with van der Waals surface area (Å²) in [5.74, 6) is -0.134. The second-order valence-corrected chi connectivity index (χ2v) is 5.35. The molecule has 2 aliphatic heterocycles. The summed E-state index contributed by atoms with van der Waals surface area (Å²) in [4.78, 5) is 16.8. The van der Waals surface area contributed by atoms with Crippen molar-refractivity contribution in [3.05, 3.63) is 34.5 Å². The molecule has 1 atom stereocenters. The monoisotopic (exact) mass is 291 g/mol. The van der Waals surface area contributed by atoms with Crippen molar-refractivity contribution < 1.29 is 14.4 Å². The van der Waals surface area contributed by atoms with Gasteiger partial charge in [0.25, 0.3) is 0 Å². The predicted molar refractivity (Wildman–Crippen MR) is 77.3 cm³/mol. The van der Waals surface area contributed by atoms with E-state index < -0.39 is 4.92 Å². The summed E-state index contributed by atoms with van der Waals surface area (Å²) in [6, 6.07) is 1.74. The number of aromatic nitrogens is 1. The third-order valence-electron chi connectivity index (χ3n) is 4.23. The number of nitro groups is 1. The molecular formula is C14H17N3O4. The highest BCUT2D eigenvalue weighted by molar-refractivity contribution is 5.65. The van der Waals surface area contributed by atoms with Crippen LogP contribution in [-0.2, 0) is 9.47 Å². The van der Waals surface area contributed by atoms with Gasteiger partial charge in [-0.05, 0) is 22.9 Å². The van der Waals surface area contributed by atoms with Crippen LogP contribution in [0.15, 0.2) is 18.8 Å². The molecular weight excluding hydrogens is 274 g/mol. The maximum absolute atomic E-state index is 11.3. The van der Waals surface area contributed by atoms with E-state index in [1.807, 2.05) is 11.8 Å². The molecule has 0 bridgehead atoms. The van der Waals surface area contributed by atoms with Crippen molar-refractivity contribution >= 4 is 17.6 Å². The highest BCUT2D eigenvalue weighted by Crippen LogP contribution is 2.38. The highest BCUT2D eigenvalue weighted by Gasteiger charge is 2.50. The Morgan fingerprint density at radius 2 is 2.38 bits per heavy atom. The summed E-state index contributed by atoms with van der Waals surface area (Å²) in [7, 11) is 0. The second kappa shape index (κ2) is 5.09. The summed E-state index contributed by atoms with van der Waals surface area (Å²) in [6.45, 7) is 7.85. The average Bonchev–Trinajstić information content (AvgIpc) is 2.45. The van der Waals surface area contributed by atoms with Crippen molar-refractivity contribution in [3.63, 3.8) is 0 Å². The van der Waals surface area contributed by atoms with Crippen LogP contribution in [0.4, 0.5) is 11.5 Å². The summed E-state index contributed by atoms with van der Waals surface area (Å²) in [6.07, 6.45) is 3.09. The Bertz CT molecular complexity index is 586. The molecule has 3 rings (SSSR count). The van der Waals surface area contributed by atoms with Crippen LogP contribution in [0.25, 0.3) is 6.08 Å². The van der Waals surface area contributed by atoms with E-state index in [2.05, 4.69) is 11.6 Å². The minimum Gasteiger partial charge on any atom is -0.375 e. The van der Waals surface area contributed by atoms with Gasteiger partial charge < -0.3 is 24.5 Å². The van der Waals surface area contributed by atoms with Crippen molar-refractivity contribution in [1.82, 2.24) is 4.98 Å². The van der Waals surface area contributed by atoms with Crippen LogP contribution in [0.3, 0.4) is 0 Å². The van der Waals surface area contributed by atoms with E-state index in [9.17, 15) is 10.1 Å². The third kappa shape index (κ3) is 2.18. The van der Waals surface area contributed by atoms with Gasteiger partial charge in [-0.25, -0.2) is 0 Å². The van der Waals surface area contributed by atoms with Gasteiger partial charge in [-0.1, -0.05) is 12.7 Å². The van der Waals surface area contributed by atoms with Gasteiger partial charge in [0.2, 0.25) is 0 Å². The van der Waals surface area contributed by atoms with Crippen molar-refractivity contribution in [2.75, 3.05) is 31.3 Å². The molecule has 0 radical (unpaired) electrons. The van der Waals surface area contributed by atoms with Crippen LogP contribution in [0.1, 0.15) is 12.5 Å². The number of morpholine rings is 1. The first kappa shape index (κ1) is 14.0. The van der Waals surface area contributed by atoms with Gasteiger partial charge in [0.05, 0.1) is 25.9 Å². The zero-order chi connectivity index (χ0) is 15.0. The van der Waals surface area contributed by atoms with Crippen molar-refractivity contribution in [3.8, 4) is 0 Å². The smallest absolute Gasteiger partial charge is 0.375 e. The Morgan fingerprint density at radius 3 is 2.95 bits per heavy atom. The van der Waals surface area contributed by atoms with Gasteiger partial charge in [-0.15, -0.1) is 0 Å². The number of hydrogen-bond donors (Lipinski definition) is 0. The zero-order valence-electron chi connectivity index (χ0n) is 11.8. The standard InChI is InChI=1S/C14H17N3O4/c1-3-11-6-12(13(15-7-11)17(18)19)16-4-5-21-14(10(16)2)8-20-9-14/h3,6-7,10H,1,4-5,8-9H2,2H3.